The molecule has 1 aromatic carbocycles. The molecule has 1 atom stereocenters. The quantitative estimate of drug-likeness (QED) is 0.905. The van der Waals surface area contributed by atoms with Gasteiger partial charge in [0.1, 0.15) is 29.7 Å². The van der Waals surface area contributed by atoms with E-state index in [1.165, 1.54) is 6.33 Å². The number of rotatable bonds is 4. The van der Waals surface area contributed by atoms with E-state index in [9.17, 15) is 4.79 Å². The van der Waals surface area contributed by atoms with E-state index in [0.717, 1.165) is 18.4 Å². The minimum atomic E-state index is -0.234. The first-order chi connectivity index (χ1) is 10.7. The van der Waals surface area contributed by atoms with Gasteiger partial charge in [0, 0.05) is 6.54 Å². The molecule has 114 valence electrons. The fourth-order valence-electron chi connectivity index (χ4n) is 2.65. The van der Waals surface area contributed by atoms with Crippen molar-refractivity contribution in [3.8, 4) is 0 Å². The lowest BCUT2D eigenvalue weighted by Crippen LogP contribution is -2.44. The van der Waals surface area contributed by atoms with Crippen molar-refractivity contribution >= 4 is 17.5 Å². The lowest BCUT2D eigenvalue weighted by atomic mass is 10.1. The standard InChI is InChI=1S/C16H19N5O/c1-2-3-9-21-15(11-7-5-4-6-8-11)20-14-12(16(21)22)13(17)18-10-19-14/h4-8,10,15H,2-3,9H2,1H3,(H3,17,18,19,20). The van der Waals surface area contributed by atoms with Gasteiger partial charge in [0.2, 0.25) is 0 Å². The number of amides is 1. The van der Waals surface area contributed by atoms with E-state index >= 15 is 0 Å². The summed E-state index contributed by atoms with van der Waals surface area (Å²) in [4.78, 5) is 22.8. The van der Waals surface area contributed by atoms with Gasteiger partial charge in [-0.15, -0.1) is 0 Å². The topological polar surface area (TPSA) is 84.1 Å². The lowest BCUT2D eigenvalue weighted by Gasteiger charge is -2.37. The Hall–Kier alpha value is -2.63. The van der Waals surface area contributed by atoms with E-state index < -0.39 is 0 Å². The maximum absolute atomic E-state index is 12.9. The highest BCUT2D eigenvalue weighted by molar-refractivity contribution is 6.04. The molecular formula is C16H19N5O. The molecule has 1 aliphatic heterocycles. The molecule has 22 heavy (non-hydrogen) atoms. The molecule has 0 saturated carbocycles. The van der Waals surface area contributed by atoms with Gasteiger partial charge in [-0.3, -0.25) is 4.79 Å². The number of hydrogen-bond donors (Lipinski definition) is 2. The van der Waals surface area contributed by atoms with Crippen LogP contribution in [0.1, 0.15) is 41.9 Å². The molecule has 6 nitrogen and oxygen atoms in total. The minimum absolute atomic E-state index is 0.117. The van der Waals surface area contributed by atoms with E-state index in [0.29, 0.717) is 17.9 Å². The first kappa shape index (κ1) is 14.3. The zero-order valence-electron chi connectivity index (χ0n) is 12.5. The number of carbonyl (C=O) groups excluding carboxylic acids is 1. The highest BCUT2D eigenvalue weighted by Crippen LogP contribution is 2.33. The van der Waals surface area contributed by atoms with Crippen molar-refractivity contribution in [2.24, 2.45) is 0 Å². The lowest BCUT2D eigenvalue weighted by molar-refractivity contribution is 0.0679. The molecule has 3 N–H and O–H groups in total. The van der Waals surface area contributed by atoms with E-state index in [-0.39, 0.29) is 17.9 Å². The van der Waals surface area contributed by atoms with Gasteiger partial charge in [0.05, 0.1) is 0 Å². The highest BCUT2D eigenvalue weighted by atomic mass is 16.2. The Balaban J connectivity index is 2.03. The number of anilines is 2. The number of nitrogens with one attached hydrogen (secondary N) is 1. The summed E-state index contributed by atoms with van der Waals surface area (Å²) in [6, 6.07) is 9.88. The van der Waals surface area contributed by atoms with Gasteiger partial charge in [-0.1, -0.05) is 43.7 Å². The van der Waals surface area contributed by atoms with Crippen LogP contribution >= 0.6 is 0 Å². The van der Waals surface area contributed by atoms with Crippen LogP contribution in [0.15, 0.2) is 36.7 Å². The van der Waals surface area contributed by atoms with Crippen LogP contribution in [0.3, 0.4) is 0 Å². The number of benzene rings is 1. The maximum atomic E-state index is 12.9. The summed E-state index contributed by atoms with van der Waals surface area (Å²) in [5.74, 6) is 0.601. The van der Waals surface area contributed by atoms with Crippen LogP contribution in [0.4, 0.5) is 11.6 Å². The summed E-state index contributed by atoms with van der Waals surface area (Å²) in [5, 5.41) is 3.32. The van der Waals surface area contributed by atoms with Crippen LogP contribution in [0, 0.1) is 0 Å². The molecule has 2 aromatic rings. The number of fused-ring (bicyclic) bond motifs is 1. The van der Waals surface area contributed by atoms with Crippen LogP contribution in [-0.2, 0) is 0 Å². The van der Waals surface area contributed by atoms with Crippen LogP contribution in [0.25, 0.3) is 0 Å². The second-order valence-corrected chi connectivity index (χ2v) is 5.29. The average molecular weight is 297 g/mol. The largest absolute Gasteiger partial charge is 0.383 e. The van der Waals surface area contributed by atoms with Gasteiger partial charge in [-0.25, -0.2) is 9.97 Å². The SMILES string of the molecule is CCCCN1C(=O)c2c(N)ncnc2NC1c1ccccc1. The first-order valence-electron chi connectivity index (χ1n) is 7.45. The van der Waals surface area contributed by atoms with Crippen molar-refractivity contribution in [2.45, 2.75) is 25.9 Å². The van der Waals surface area contributed by atoms with E-state index in [4.69, 9.17) is 5.73 Å². The van der Waals surface area contributed by atoms with Gasteiger partial charge in [-0.05, 0) is 12.0 Å². The molecule has 0 fully saturated rings. The number of nitrogen functional groups attached to an aromatic ring is 1. The van der Waals surface area contributed by atoms with Crippen molar-refractivity contribution in [2.75, 3.05) is 17.6 Å². The molecule has 2 heterocycles. The van der Waals surface area contributed by atoms with Crippen LogP contribution in [-0.4, -0.2) is 27.3 Å². The van der Waals surface area contributed by atoms with Crippen molar-refractivity contribution in [1.82, 2.24) is 14.9 Å². The molecule has 0 saturated heterocycles. The smallest absolute Gasteiger partial charge is 0.263 e. The minimum Gasteiger partial charge on any atom is -0.383 e. The predicted molar refractivity (Wildman–Crippen MR) is 85.2 cm³/mol. The van der Waals surface area contributed by atoms with Crippen LogP contribution in [0.2, 0.25) is 0 Å². The Labute approximate surface area is 129 Å². The molecule has 3 rings (SSSR count). The molecule has 0 spiro atoms. The third-order valence-electron chi connectivity index (χ3n) is 3.80. The summed E-state index contributed by atoms with van der Waals surface area (Å²) in [6.45, 7) is 2.76. The highest BCUT2D eigenvalue weighted by Gasteiger charge is 2.35. The molecule has 1 aliphatic rings. The fourth-order valence-corrected chi connectivity index (χ4v) is 2.65. The van der Waals surface area contributed by atoms with Gasteiger partial charge in [0.25, 0.3) is 5.91 Å². The summed E-state index contributed by atoms with van der Waals surface area (Å²) in [7, 11) is 0. The van der Waals surface area contributed by atoms with Gasteiger partial charge in [-0.2, -0.15) is 0 Å². The Morgan fingerprint density at radius 3 is 2.77 bits per heavy atom. The normalized spacial score (nSPS) is 17.0. The summed E-state index contributed by atoms with van der Waals surface area (Å²) in [5.41, 5.74) is 7.26. The number of unbranched alkanes of at least 4 members (excludes halogenated alkanes) is 1. The second-order valence-electron chi connectivity index (χ2n) is 5.29. The predicted octanol–water partition coefficient (Wildman–Crippen LogP) is 2.43. The molecule has 0 bridgehead atoms. The number of carbonyl (C=O) groups is 1. The van der Waals surface area contributed by atoms with E-state index in [1.54, 1.807) is 4.90 Å². The number of hydrogen-bond acceptors (Lipinski definition) is 5. The van der Waals surface area contributed by atoms with E-state index in [2.05, 4.69) is 22.2 Å². The Morgan fingerprint density at radius 1 is 1.27 bits per heavy atom. The Morgan fingerprint density at radius 2 is 2.05 bits per heavy atom. The summed E-state index contributed by atoms with van der Waals surface area (Å²) < 4.78 is 0. The van der Waals surface area contributed by atoms with Gasteiger partial charge in [0.15, 0.2) is 0 Å². The van der Waals surface area contributed by atoms with Gasteiger partial charge >= 0.3 is 0 Å². The summed E-state index contributed by atoms with van der Waals surface area (Å²) >= 11 is 0. The number of aromatic nitrogens is 2. The Bertz CT molecular complexity index is 673. The summed E-state index contributed by atoms with van der Waals surface area (Å²) in [6.07, 6.45) is 3.08. The zero-order chi connectivity index (χ0) is 15.5. The van der Waals surface area contributed by atoms with Crippen LogP contribution in [0.5, 0.6) is 0 Å². The molecular weight excluding hydrogens is 278 g/mol. The molecule has 1 amide bonds. The monoisotopic (exact) mass is 297 g/mol. The first-order valence-corrected chi connectivity index (χ1v) is 7.45. The van der Waals surface area contributed by atoms with E-state index in [1.807, 2.05) is 30.3 Å². The molecule has 1 aromatic heterocycles. The molecule has 0 aliphatic carbocycles. The third-order valence-corrected chi connectivity index (χ3v) is 3.80. The van der Waals surface area contributed by atoms with Crippen molar-refractivity contribution < 1.29 is 4.79 Å². The third kappa shape index (κ3) is 2.47. The molecule has 0 radical (unpaired) electrons. The Kier molecular flexibility index (Phi) is 3.91. The average Bonchev–Trinajstić information content (AvgIpc) is 2.54. The maximum Gasteiger partial charge on any atom is 0.263 e. The van der Waals surface area contributed by atoms with Gasteiger partial charge < -0.3 is 16.0 Å². The zero-order valence-corrected chi connectivity index (χ0v) is 12.5. The molecule has 1 unspecified atom stereocenters. The fraction of sp³-hybridized carbons (Fsp3) is 0.312. The second kappa shape index (κ2) is 6.01. The van der Waals surface area contributed by atoms with Crippen molar-refractivity contribution in [1.29, 1.82) is 0 Å². The van der Waals surface area contributed by atoms with Crippen molar-refractivity contribution in [3.63, 3.8) is 0 Å². The number of nitrogens with two attached hydrogens (primary N) is 1. The number of nitrogens with zero attached hydrogens (tertiary/aromatic N) is 3. The molecule has 6 heteroatoms. The van der Waals surface area contributed by atoms with Crippen LogP contribution < -0.4 is 11.1 Å². The van der Waals surface area contributed by atoms with Crippen molar-refractivity contribution in [3.05, 3.63) is 47.8 Å².